The van der Waals surface area contributed by atoms with Crippen LogP contribution in [0.15, 0.2) is 91.1 Å². The van der Waals surface area contributed by atoms with Gasteiger partial charge in [-0.15, -0.1) is 0 Å². The van der Waals surface area contributed by atoms with Crippen molar-refractivity contribution in [2.45, 2.75) is 18.5 Å². The number of nitrogens with zero attached hydrogens (tertiary/aromatic N) is 3. The van der Waals surface area contributed by atoms with Gasteiger partial charge in [0, 0.05) is 42.3 Å². The topological polar surface area (TPSA) is 62.3 Å². The number of rotatable bonds is 6. The Hall–Kier alpha value is -3.70. The van der Waals surface area contributed by atoms with Crippen LogP contribution in [0.4, 0.5) is 17.1 Å². The molecule has 36 heavy (non-hydrogen) atoms. The summed E-state index contributed by atoms with van der Waals surface area (Å²) < 4.78 is 30.0. The van der Waals surface area contributed by atoms with Crippen molar-refractivity contribution >= 4 is 30.4 Å². The zero-order valence-electron chi connectivity index (χ0n) is 20.5. The molecule has 0 bridgehead atoms. The molecule has 2 fully saturated rings. The van der Waals surface area contributed by atoms with Gasteiger partial charge in [0.15, 0.2) is 0 Å². The Morgan fingerprint density at radius 3 is 1.75 bits per heavy atom. The van der Waals surface area contributed by atoms with Crippen LogP contribution in [-0.2, 0) is 9.36 Å². The number of ether oxygens (including phenoxy) is 2. The third-order valence-corrected chi connectivity index (χ3v) is 10.3. The number of carbonyl (C=O) groups is 1. The molecule has 186 valence electrons. The van der Waals surface area contributed by atoms with Crippen LogP contribution in [0.3, 0.4) is 0 Å². The van der Waals surface area contributed by atoms with Gasteiger partial charge in [0.25, 0.3) is 7.44 Å². The van der Waals surface area contributed by atoms with Crippen molar-refractivity contribution in [3.8, 4) is 11.5 Å². The van der Waals surface area contributed by atoms with E-state index in [2.05, 4.69) is 6.58 Å². The molecule has 2 aliphatic heterocycles. The molecule has 2 aliphatic rings. The molecule has 2 saturated heterocycles. The molecule has 1 amide bonds. The molecule has 0 saturated carbocycles. The average Bonchev–Trinajstić information content (AvgIpc) is 3.23. The van der Waals surface area contributed by atoms with Gasteiger partial charge in [0.05, 0.1) is 14.2 Å². The summed E-state index contributed by atoms with van der Waals surface area (Å²) in [6, 6.07) is 24.5. The number of hydrogen-bond donors (Lipinski definition) is 0. The van der Waals surface area contributed by atoms with Gasteiger partial charge in [-0.1, -0.05) is 24.8 Å². The third-order valence-electron chi connectivity index (χ3n) is 6.84. The molecule has 0 radical (unpaired) electrons. The van der Waals surface area contributed by atoms with Crippen molar-refractivity contribution < 1.29 is 18.8 Å². The lowest BCUT2D eigenvalue weighted by molar-refractivity contribution is -0.116. The van der Waals surface area contributed by atoms with Gasteiger partial charge >= 0.3 is 0 Å². The minimum atomic E-state index is -3.49. The predicted molar refractivity (Wildman–Crippen MR) is 144 cm³/mol. The smallest absolute Gasteiger partial charge is 0.275 e. The first-order valence-corrected chi connectivity index (χ1v) is 13.7. The molecular weight excluding hydrogens is 473 g/mol. The number of para-hydroxylation sites is 1. The van der Waals surface area contributed by atoms with Gasteiger partial charge in [-0.05, 0) is 67.1 Å². The van der Waals surface area contributed by atoms with Crippen molar-refractivity contribution in [2.75, 3.05) is 41.5 Å². The quantitative estimate of drug-likeness (QED) is 0.389. The highest BCUT2D eigenvalue weighted by molar-refractivity contribution is 7.69. The number of anilines is 3. The highest BCUT2D eigenvalue weighted by Gasteiger charge is 2.55. The largest absolute Gasteiger partial charge is 0.497 e. The highest BCUT2D eigenvalue weighted by atomic mass is 31.2. The van der Waals surface area contributed by atoms with Crippen molar-refractivity contribution in [3.63, 3.8) is 0 Å². The lowest BCUT2D eigenvalue weighted by atomic mass is 10.2. The Labute approximate surface area is 212 Å². The first-order valence-electron chi connectivity index (χ1n) is 12.0. The molecule has 0 N–H and O–H groups in total. The maximum atomic E-state index is 15.4. The Morgan fingerprint density at radius 2 is 1.28 bits per heavy atom. The number of benzene rings is 3. The Kier molecular flexibility index (Phi) is 6.50. The zero-order chi connectivity index (χ0) is 25.3. The van der Waals surface area contributed by atoms with Gasteiger partial charge in [-0.2, -0.15) is 0 Å². The summed E-state index contributed by atoms with van der Waals surface area (Å²) >= 11 is 0. The standard InChI is InChI=1S/C28H30N3O4P/c1-21-20-27(28(32)31(21)24-8-5-4-6-9-24)36(33)29(22-10-14-25(34-2)15-11-22)18-7-19-30(36)23-12-16-26(35-3)17-13-23/h4-6,8-17,27H,1,7,18-20H2,2-3H3. The van der Waals surface area contributed by atoms with Crippen molar-refractivity contribution in [1.29, 1.82) is 0 Å². The Morgan fingerprint density at radius 1 is 0.778 bits per heavy atom. The normalized spacial score (nSPS) is 19.5. The van der Waals surface area contributed by atoms with Crippen molar-refractivity contribution in [1.82, 2.24) is 0 Å². The van der Waals surface area contributed by atoms with Gasteiger partial charge < -0.3 is 18.8 Å². The minimum Gasteiger partial charge on any atom is -0.497 e. The SMILES string of the molecule is C=C1CC(P2(=O)N(c3ccc(OC)cc3)CCCN2c2ccc(OC)cc2)C(=O)N1c1ccccc1. The summed E-state index contributed by atoms with van der Waals surface area (Å²) in [4.78, 5) is 15.6. The molecule has 1 atom stereocenters. The predicted octanol–water partition coefficient (Wildman–Crippen LogP) is 5.93. The molecule has 0 aliphatic carbocycles. The molecule has 5 rings (SSSR count). The van der Waals surface area contributed by atoms with E-state index in [4.69, 9.17) is 9.47 Å². The van der Waals surface area contributed by atoms with E-state index in [9.17, 15) is 4.79 Å². The molecule has 3 aromatic rings. The van der Waals surface area contributed by atoms with Crippen LogP contribution in [0.25, 0.3) is 0 Å². The van der Waals surface area contributed by atoms with E-state index in [1.807, 2.05) is 88.2 Å². The fourth-order valence-corrected chi connectivity index (χ4v) is 8.65. The van der Waals surface area contributed by atoms with Crippen molar-refractivity contribution in [3.05, 3.63) is 91.1 Å². The number of hydrogen-bond acceptors (Lipinski definition) is 4. The summed E-state index contributed by atoms with van der Waals surface area (Å²) in [5.41, 5.74) is 2.24. The fraction of sp³-hybridized carbons (Fsp3) is 0.250. The van der Waals surface area contributed by atoms with Crippen LogP contribution in [0.5, 0.6) is 11.5 Å². The lowest BCUT2D eigenvalue weighted by Crippen LogP contribution is -2.46. The summed E-state index contributed by atoms with van der Waals surface area (Å²) in [5, 5.41) is 0. The van der Waals surface area contributed by atoms with Crippen LogP contribution in [0.2, 0.25) is 0 Å². The molecule has 2 heterocycles. The summed E-state index contributed by atoms with van der Waals surface area (Å²) in [6.07, 6.45) is 1.12. The van der Waals surface area contributed by atoms with Crippen LogP contribution in [0.1, 0.15) is 12.8 Å². The molecule has 8 heteroatoms. The molecule has 1 unspecified atom stereocenters. The summed E-state index contributed by atoms with van der Waals surface area (Å²) in [5.74, 6) is 1.25. The number of allylic oxidation sites excluding steroid dienone is 1. The highest BCUT2D eigenvalue weighted by Crippen LogP contribution is 2.65. The first-order chi connectivity index (χ1) is 17.5. The summed E-state index contributed by atoms with van der Waals surface area (Å²) in [7, 11) is -0.254. The molecular formula is C28H30N3O4P. The van der Waals surface area contributed by atoms with E-state index in [1.54, 1.807) is 19.1 Å². The minimum absolute atomic E-state index is 0.187. The van der Waals surface area contributed by atoms with E-state index < -0.39 is 13.1 Å². The molecule has 3 aromatic carbocycles. The van der Waals surface area contributed by atoms with E-state index >= 15 is 4.57 Å². The Bertz CT molecular complexity index is 1240. The van der Waals surface area contributed by atoms with Gasteiger partial charge in [-0.3, -0.25) is 14.3 Å². The maximum absolute atomic E-state index is 15.4. The van der Waals surface area contributed by atoms with E-state index in [-0.39, 0.29) is 5.91 Å². The molecule has 0 spiro atoms. The second-order valence-electron chi connectivity index (χ2n) is 8.88. The third kappa shape index (κ3) is 4.03. The second kappa shape index (κ2) is 9.75. The number of methoxy groups -OCH3 is 2. The van der Waals surface area contributed by atoms with E-state index in [0.29, 0.717) is 25.2 Å². The fourth-order valence-electron chi connectivity index (χ4n) is 5.08. The number of carbonyl (C=O) groups excluding carboxylic acids is 1. The van der Waals surface area contributed by atoms with Gasteiger partial charge in [0.1, 0.15) is 17.2 Å². The summed E-state index contributed by atoms with van der Waals surface area (Å²) in [6.45, 7) is 5.36. The van der Waals surface area contributed by atoms with E-state index in [0.717, 1.165) is 35.0 Å². The van der Waals surface area contributed by atoms with Crippen molar-refractivity contribution in [2.24, 2.45) is 0 Å². The Balaban J connectivity index is 1.61. The lowest BCUT2D eigenvalue weighted by Gasteiger charge is -2.47. The average molecular weight is 504 g/mol. The monoisotopic (exact) mass is 503 g/mol. The zero-order valence-corrected chi connectivity index (χ0v) is 21.4. The van der Waals surface area contributed by atoms with E-state index in [1.165, 1.54) is 0 Å². The van der Waals surface area contributed by atoms with Crippen LogP contribution in [0, 0.1) is 0 Å². The second-order valence-corrected chi connectivity index (χ2v) is 11.6. The van der Waals surface area contributed by atoms with Crippen LogP contribution >= 0.6 is 7.44 Å². The molecule has 0 aromatic heterocycles. The van der Waals surface area contributed by atoms with Crippen LogP contribution in [-0.4, -0.2) is 38.9 Å². The number of amides is 1. The first kappa shape index (κ1) is 24.0. The molecule has 7 nitrogen and oxygen atoms in total. The van der Waals surface area contributed by atoms with Crippen LogP contribution < -0.4 is 23.7 Å². The maximum Gasteiger partial charge on any atom is 0.275 e. The van der Waals surface area contributed by atoms with Gasteiger partial charge in [0.2, 0.25) is 5.91 Å². The van der Waals surface area contributed by atoms with Gasteiger partial charge in [-0.25, -0.2) is 0 Å².